The van der Waals surface area contributed by atoms with Crippen molar-refractivity contribution < 1.29 is 23.8 Å². The third-order valence-electron chi connectivity index (χ3n) is 3.73. The van der Waals surface area contributed by atoms with E-state index in [0.29, 0.717) is 30.7 Å². The molecule has 0 spiro atoms. The number of ether oxygens (including phenoxy) is 1. The number of amides is 2. The first-order valence-electron chi connectivity index (χ1n) is 7.09. The highest BCUT2D eigenvalue weighted by molar-refractivity contribution is 5.76. The molecule has 1 fully saturated rings. The number of likely N-dealkylation sites (tertiary alicyclic amines) is 1. The van der Waals surface area contributed by atoms with Crippen molar-refractivity contribution in [1.82, 2.24) is 10.2 Å². The number of piperidine rings is 1. The number of carboxylic acid groups (broad SMARTS) is 1. The molecular formula is C15H19FN2O4. The van der Waals surface area contributed by atoms with Crippen LogP contribution < -0.4 is 10.1 Å². The number of urea groups is 1. The van der Waals surface area contributed by atoms with Crippen LogP contribution in [0.15, 0.2) is 18.2 Å². The minimum atomic E-state index is -0.885. The fourth-order valence-electron chi connectivity index (χ4n) is 2.53. The number of benzene rings is 1. The quantitative estimate of drug-likeness (QED) is 0.889. The Morgan fingerprint density at radius 1 is 1.50 bits per heavy atom. The Hall–Kier alpha value is -2.31. The third-order valence-corrected chi connectivity index (χ3v) is 3.73. The van der Waals surface area contributed by atoms with Crippen molar-refractivity contribution in [2.24, 2.45) is 5.92 Å². The second kappa shape index (κ2) is 7.11. The molecule has 1 aliphatic rings. The zero-order valence-corrected chi connectivity index (χ0v) is 12.3. The second-order valence-electron chi connectivity index (χ2n) is 5.24. The highest BCUT2D eigenvalue weighted by Crippen LogP contribution is 2.20. The minimum Gasteiger partial charge on any atom is -0.496 e. The third kappa shape index (κ3) is 3.87. The van der Waals surface area contributed by atoms with Crippen LogP contribution in [0.1, 0.15) is 18.4 Å². The van der Waals surface area contributed by atoms with Crippen molar-refractivity contribution in [2.75, 3.05) is 20.2 Å². The van der Waals surface area contributed by atoms with Crippen molar-refractivity contribution in [3.8, 4) is 5.75 Å². The van der Waals surface area contributed by atoms with Crippen LogP contribution in [-0.4, -0.2) is 42.2 Å². The van der Waals surface area contributed by atoms with E-state index in [4.69, 9.17) is 9.84 Å². The Kier molecular flexibility index (Phi) is 5.19. The van der Waals surface area contributed by atoms with Gasteiger partial charge in [-0.1, -0.05) is 0 Å². The molecule has 0 saturated carbocycles. The van der Waals surface area contributed by atoms with Crippen LogP contribution >= 0.6 is 0 Å². The van der Waals surface area contributed by atoms with Crippen LogP contribution in [0.5, 0.6) is 5.75 Å². The van der Waals surface area contributed by atoms with E-state index in [0.717, 1.165) is 0 Å². The lowest BCUT2D eigenvalue weighted by molar-refractivity contribution is -0.143. The molecule has 0 radical (unpaired) electrons. The molecule has 0 bridgehead atoms. The first-order chi connectivity index (χ1) is 10.5. The number of nitrogens with zero attached hydrogens (tertiary/aromatic N) is 1. The van der Waals surface area contributed by atoms with E-state index in [9.17, 15) is 14.0 Å². The molecule has 1 aliphatic heterocycles. The molecule has 7 heteroatoms. The van der Waals surface area contributed by atoms with Crippen molar-refractivity contribution in [2.45, 2.75) is 19.4 Å². The highest BCUT2D eigenvalue weighted by atomic mass is 19.1. The number of nitrogens with one attached hydrogen (secondary N) is 1. The zero-order chi connectivity index (χ0) is 16.1. The molecule has 2 N–H and O–H groups in total. The number of hydrogen-bond acceptors (Lipinski definition) is 3. The fraction of sp³-hybridized carbons (Fsp3) is 0.467. The van der Waals surface area contributed by atoms with Gasteiger partial charge in [0.05, 0.1) is 13.0 Å². The number of carboxylic acids is 1. The van der Waals surface area contributed by atoms with Crippen LogP contribution in [0.2, 0.25) is 0 Å². The Balaban J connectivity index is 1.95. The maximum absolute atomic E-state index is 13.3. The summed E-state index contributed by atoms with van der Waals surface area (Å²) in [7, 11) is 1.47. The monoisotopic (exact) mass is 310 g/mol. The molecule has 1 atom stereocenters. The lowest BCUT2D eigenvalue weighted by atomic mass is 9.99. The van der Waals surface area contributed by atoms with Crippen molar-refractivity contribution in [1.29, 1.82) is 0 Å². The van der Waals surface area contributed by atoms with Crippen molar-refractivity contribution in [3.05, 3.63) is 29.6 Å². The van der Waals surface area contributed by atoms with Gasteiger partial charge in [-0.05, 0) is 31.0 Å². The van der Waals surface area contributed by atoms with Gasteiger partial charge in [0.15, 0.2) is 0 Å². The Labute approximate surface area is 127 Å². The number of hydrogen-bond donors (Lipinski definition) is 2. The predicted octanol–water partition coefficient (Wildman–Crippen LogP) is 1.84. The topological polar surface area (TPSA) is 78.9 Å². The Morgan fingerprint density at radius 3 is 2.95 bits per heavy atom. The molecule has 1 heterocycles. The molecule has 0 aromatic heterocycles. The number of aliphatic carboxylic acids is 1. The number of methoxy groups -OCH3 is 1. The molecular weight excluding hydrogens is 291 g/mol. The molecule has 22 heavy (non-hydrogen) atoms. The summed E-state index contributed by atoms with van der Waals surface area (Å²) in [5, 5.41) is 11.7. The molecule has 1 unspecified atom stereocenters. The number of halogens is 1. The average molecular weight is 310 g/mol. The van der Waals surface area contributed by atoms with E-state index in [-0.39, 0.29) is 19.1 Å². The summed E-state index contributed by atoms with van der Waals surface area (Å²) < 4.78 is 18.4. The van der Waals surface area contributed by atoms with Gasteiger partial charge in [0.2, 0.25) is 0 Å². The number of carbonyl (C=O) groups excluding carboxylic acids is 1. The van der Waals surface area contributed by atoms with Crippen LogP contribution in [0.4, 0.5) is 9.18 Å². The molecule has 120 valence electrons. The van der Waals surface area contributed by atoms with Gasteiger partial charge in [-0.2, -0.15) is 0 Å². The largest absolute Gasteiger partial charge is 0.496 e. The molecule has 1 aromatic rings. The van der Waals surface area contributed by atoms with Crippen LogP contribution in [0.3, 0.4) is 0 Å². The van der Waals surface area contributed by atoms with E-state index in [1.54, 1.807) is 0 Å². The fourth-order valence-corrected chi connectivity index (χ4v) is 2.53. The maximum Gasteiger partial charge on any atom is 0.317 e. The van der Waals surface area contributed by atoms with Gasteiger partial charge in [-0.15, -0.1) is 0 Å². The molecule has 1 saturated heterocycles. The van der Waals surface area contributed by atoms with Gasteiger partial charge in [-0.25, -0.2) is 9.18 Å². The van der Waals surface area contributed by atoms with E-state index < -0.39 is 17.7 Å². The summed E-state index contributed by atoms with van der Waals surface area (Å²) in [5.41, 5.74) is 0.530. The van der Waals surface area contributed by atoms with Crippen LogP contribution in [-0.2, 0) is 11.3 Å². The summed E-state index contributed by atoms with van der Waals surface area (Å²) in [5.74, 6) is -1.33. The maximum atomic E-state index is 13.3. The summed E-state index contributed by atoms with van der Waals surface area (Å²) >= 11 is 0. The molecule has 0 aliphatic carbocycles. The smallest absolute Gasteiger partial charge is 0.317 e. The van der Waals surface area contributed by atoms with Gasteiger partial charge in [-0.3, -0.25) is 4.79 Å². The average Bonchev–Trinajstić information content (AvgIpc) is 2.52. The first kappa shape index (κ1) is 16.1. The van der Waals surface area contributed by atoms with Gasteiger partial charge >= 0.3 is 12.0 Å². The Morgan fingerprint density at radius 2 is 2.27 bits per heavy atom. The summed E-state index contributed by atoms with van der Waals surface area (Å²) in [6.45, 7) is 0.839. The summed E-state index contributed by atoms with van der Waals surface area (Å²) in [6, 6.07) is 3.73. The van der Waals surface area contributed by atoms with E-state index in [2.05, 4.69) is 5.32 Å². The second-order valence-corrected chi connectivity index (χ2v) is 5.24. The standard InChI is InChI=1S/C15H19FN2O4/c1-22-13-5-4-12(16)7-11(13)8-17-15(21)18-6-2-3-10(9-18)14(19)20/h4-5,7,10H,2-3,6,8-9H2,1H3,(H,17,21)(H,19,20). The zero-order valence-electron chi connectivity index (χ0n) is 12.3. The molecule has 1 aromatic carbocycles. The number of carbonyl (C=O) groups is 2. The lowest BCUT2D eigenvalue weighted by Crippen LogP contribution is -2.46. The predicted molar refractivity (Wildman–Crippen MR) is 77.1 cm³/mol. The van der Waals surface area contributed by atoms with E-state index >= 15 is 0 Å². The highest BCUT2D eigenvalue weighted by Gasteiger charge is 2.28. The van der Waals surface area contributed by atoms with Crippen LogP contribution in [0.25, 0.3) is 0 Å². The lowest BCUT2D eigenvalue weighted by Gasteiger charge is -2.30. The summed E-state index contributed by atoms with van der Waals surface area (Å²) in [6.07, 6.45) is 1.24. The van der Waals surface area contributed by atoms with Crippen molar-refractivity contribution >= 4 is 12.0 Å². The van der Waals surface area contributed by atoms with Crippen LogP contribution in [0, 0.1) is 11.7 Å². The van der Waals surface area contributed by atoms with Crippen molar-refractivity contribution in [3.63, 3.8) is 0 Å². The van der Waals surface area contributed by atoms with Gasteiger partial charge in [0.25, 0.3) is 0 Å². The summed E-state index contributed by atoms with van der Waals surface area (Å²) in [4.78, 5) is 24.6. The minimum absolute atomic E-state index is 0.119. The van der Waals surface area contributed by atoms with Gasteiger partial charge in [0.1, 0.15) is 11.6 Å². The SMILES string of the molecule is COc1ccc(F)cc1CNC(=O)N1CCCC(C(=O)O)C1. The molecule has 6 nitrogen and oxygen atoms in total. The molecule has 2 amide bonds. The Bertz CT molecular complexity index is 564. The first-order valence-corrected chi connectivity index (χ1v) is 7.09. The number of rotatable bonds is 4. The van der Waals surface area contributed by atoms with Gasteiger partial charge in [0, 0.05) is 25.2 Å². The van der Waals surface area contributed by atoms with E-state index in [1.807, 2.05) is 0 Å². The normalized spacial score (nSPS) is 17.9. The van der Waals surface area contributed by atoms with E-state index in [1.165, 1.54) is 30.2 Å². The van der Waals surface area contributed by atoms with Gasteiger partial charge < -0.3 is 20.1 Å². The molecule has 2 rings (SSSR count).